The molecule has 1 aliphatic rings. The Hall–Kier alpha value is -1.40. The van der Waals surface area contributed by atoms with E-state index in [9.17, 15) is 0 Å². The lowest BCUT2D eigenvalue weighted by atomic mass is 10.0. The molecule has 1 atom stereocenters. The molecule has 2 nitrogen and oxygen atoms in total. The number of anilines is 1. The zero-order chi connectivity index (χ0) is 9.42. The average molecular weight is 188 g/mol. The fourth-order valence-electron chi connectivity index (χ4n) is 1.61. The van der Waals surface area contributed by atoms with Gasteiger partial charge in [0, 0.05) is 5.92 Å². The van der Waals surface area contributed by atoms with Crippen LogP contribution < -0.4 is 4.90 Å². The summed E-state index contributed by atoms with van der Waals surface area (Å²) in [5.74, 6) is 0.186. The minimum atomic E-state index is 0.186. The van der Waals surface area contributed by atoms with Gasteiger partial charge in [0.1, 0.15) is 4.99 Å². The van der Waals surface area contributed by atoms with Crippen LogP contribution in [0.3, 0.4) is 0 Å². The van der Waals surface area contributed by atoms with E-state index in [1.54, 1.807) is 0 Å². The smallest absolute Gasteiger partial charge is 0.189 e. The first kappa shape index (κ1) is 8.21. The summed E-state index contributed by atoms with van der Waals surface area (Å²) in [4.78, 5) is 2.22. The molecule has 0 saturated carbocycles. The van der Waals surface area contributed by atoms with Gasteiger partial charge in [-0.1, -0.05) is 37.3 Å². The molecular formula is C10H8N2S. The maximum Gasteiger partial charge on any atom is 0.189 e. The van der Waals surface area contributed by atoms with Crippen molar-refractivity contribution in [3.8, 4) is 6.19 Å². The molecule has 0 aromatic heterocycles. The van der Waals surface area contributed by atoms with Crippen LogP contribution in [0.5, 0.6) is 0 Å². The van der Waals surface area contributed by atoms with Crippen LogP contribution in [0.4, 0.5) is 5.69 Å². The van der Waals surface area contributed by atoms with Crippen LogP contribution in [0.25, 0.3) is 0 Å². The summed E-state index contributed by atoms with van der Waals surface area (Å²) in [6.45, 7) is 2.03. The summed E-state index contributed by atoms with van der Waals surface area (Å²) < 4.78 is 0. The van der Waals surface area contributed by atoms with E-state index in [2.05, 4.69) is 6.19 Å². The number of hydrogen-bond acceptors (Lipinski definition) is 2. The Labute approximate surface area is 82.4 Å². The van der Waals surface area contributed by atoms with Gasteiger partial charge in [0.25, 0.3) is 0 Å². The van der Waals surface area contributed by atoms with Crippen molar-refractivity contribution in [1.82, 2.24) is 0 Å². The van der Waals surface area contributed by atoms with Crippen molar-refractivity contribution in [3.05, 3.63) is 29.8 Å². The Bertz CT molecular complexity index is 406. The molecule has 0 bridgehead atoms. The molecule has 3 heteroatoms. The summed E-state index contributed by atoms with van der Waals surface area (Å²) in [5, 5.41) is 8.89. The van der Waals surface area contributed by atoms with E-state index >= 15 is 0 Å². The summed E-state index contributed by atoms with van der Waals surface area (Å²) >= 11 is 5.17. The van der Waals surface area contributed by atoms with Crippen LogP contribution in [0.2, 0.25) is 0 Å². The van der Waals surface area contributed by atoms with E-state index in [0.717, 1.165) is 11.3 Å². The third kappa shape index (κ3) is 1.03. The molecule has 1 aliphatic heterocycles. The number of thiocarbonyl (C=S) groups is 1. The quantitative estimate of drug-likeness (QED) is 0.462. The second-order valence-electron chi connectivity index (χ2n) is 3.05. The number of rotatable bonds is 0. The van der Waals surface area contributed by atoms with Crippen LogP contribution in [-0.4, -0.2) is 4.99 Å². The first-order valence-electron chi connectivity index (χ1n) is 4.08. The monoisotopic (exact) mass is 188 g/mol. The van der Waals surface area contributed by atoms with Gasteiger partial charge in [-0.05, 0) is 11.6 Å². The maximum absolute atomic E-state index is 8.89. The number of para-hydroxylation sites is 1. The summed E-state index contributed by atoms with van der Waals surface area (Å²) in [6, 6.07) is 7.83. The Kier molecular flexibility index (Phi) is 1.78. The Morgan fingerprint density at radius 3 is 2.85 bits per heavy atom. The van der Waals surface area contributed by atoms with Gasteiger partial charge in [0.2, 0.25) is 0 Å². The Balaban J connectivity index is 2.61. The van der Waals surface area contributed by atoms with E-state index in [1.807, 2.05) is 31.2 Å². The number of nitriles is 1. The van der Waals surface area contributed by atoms with Crippen molar-refractivity contribution in [3.63, 3.8) is 0 Å². The average Bonchev–Trinajstić information content (AvgIpc) is 2.41. The molecule has 1 unspecified atom stereocenters. The molecule has 1 aromatic carbocycles. The Morgan fingerprint density at radius 2 is 2.15 bits per heavy atom. The van der Waals surface area contributed by atoms with Gasteiger partial charge in [-0.25, -0.2) is 4.90 Å². The number of benzene rings is 1. The molecule has 0 spiro atoms. The molecule has 64 valence electrons. The van der Waals surface area contributed by atoms with Gasteiger partial charge < -0.3 is 0 Å². The molecule has 0 saturated heterocycles. The lowest BCUT2D eigenvalue weighted by molar-refractivity contribution is 1.07. The van der Waals surface area contributed by atoms with E-state index in [4.69, 9.17) is 17.5 Å². The summed E-state index contributed by atoms with van der Waals surface area (Å²) in [6.07, 6.45) is 2.09. The Morgan fingerprint density at radius 1 is 1.46 bits per heavy atom. The molecule has 1 heterocycles. The molecule has 0 radical (unpaired) electrons. The van der Waals surface area contributed by atoms with Crippen molar-refractivity contribution >= 4 is 22.9 Å². The van der Waals surface area contributed by atoms with E-state index in [-0.39, 0.29) is 5.92 Å². The fourth-order valence-corrected chi connectivity index (χ4v) is 1.87. The lowest BCUT2D eigenvalue weighted by Gasteiger charge is -2.07. The summed E-state index contributed by atoms with van der Waals surface area (Å²) in [7, 11) is 0. The second kappa shape index (κ2) is 2.82. The van der Waals surface area contributed by atoms with E-state index in [0.29, 0.717) is 4.99 Å². The third-order valence-corrected chi connectivity index (χ3v) is 2.87. The molecule has 0 amide bonds. The van der Waals surface area contributed by atoms with Crippen LogP contribution in [0.15, 0.2) is 24.3 Å². The van der Waals surface area contributed by atoms with Gasteiger partial charge in [-0.15, -0.1) is 0 Å². The van der Waals surface area contributed by atoms with E-state index in [1.165, 1.54) is 4.90 Å². The topological polar surface area (TPSA) is 27.0 Å². The number of hydrogen-bond donors (Lipinski definition) is 0. The van der Waals surface area contributed by atoms with Gasteiger partial charge >= 0.3 is 0 Å². The normalized spacial score (nSPS) is 19.8. The maximum atomic E-state index is 8.89. The van der Waals surface area contributed by atoms with Crippen LogP contribution >= 0.6 is 12.2 Å². The summed E-state index contributed by atoms with van der Waals surface area (Å²) in [5.41, 5.74) is 2.08. The van der Waals surface area contributed by atoms with Gasteiger partial charge in [0.05, 0.1) is 5.69 Å². The lowest BCUT2D eigenvalue weighted by Crippen LogP contribution is -2.19. The highest BCUT2D eigenvalue weighted by atomic mass is 32.1. The van der Waals surface area contributed by atoms with Crippen molar-refractivity contribution in [2.24, 2.45) is 0 Å². The minimum absolute atomic E-state index is 0.186. The van der Waals surface area contributed by atoms with Crippen molar-refractivity contribution in [1.29, 1.82) is 5.26 Å². The standard InChI is InChI=1S/C10H8N2S/c1-7-8-4-2-3-5-9(8)12(6-11)10(7)13/h2-5,7H,1H3. The van der Waals surface area contributed by atoms with Crippen molar-refractivity contribution in [2.45, 2.75) is 12.8 Å². The van der Waals surface area contributed by atoms with Gasteiger partial charge in [-0.2, -0.15) is 5.26 Å². The zero-order valence-corrected chi connectivity index (χ0v) is 8.01. The molecule has 2 rings (SSSR count). The second-order valence-corrected chi connectivity index (χ2v) is 3.47. The van der Waals surface area contributed by atoms with Crippen LogP contribution in [-0.2, 0) is 0 Å². The van der Waals surface area contributed by atoms with Gasteiger partial charge in [0.15, 0.2) is 6.19 Å². The minimum Gasteiger partial charge on any atom is -0.240 e. The van der Waals surface area contributed by atoms with E-state index < -0.39 is 0 Å². The van der Waals surface area contributed by atoms with Crippen molar-refractivity contribution in [2.75, 3.05) is 4.90 Å². The highest BCUT2D eigenvalue weighted by molar-refractivity contribution is 7.80. The highest BCUT2D eigenvalue weighted by Gasteiger charge is 2.30. The first-order valence-corrected chi connectivity index (χ1v) is 4.49. The van der Waals surface area contributed by atoms with Crippen LogP contribution in [0.1, 0.15) is 18.4 Å². The SMILES string of the molecule is CC1C(=S)N(C#N)c2ccccc21. The molecule has 0 aliphatic carbocycles. The molecule has 1 aromatic rings. The predicted molar refractivity (Wildman–Crippen MR) is 55.5 cm³/mol. The predicted octanol–water partition coefficient (Wildman–Crippen LogP) is 2.42. The molecule has 13 heavy (non-hydrogen) atoms. The molecule has 0 fully saturated rings. The van der Waals surface area contributed by atoms with Crippen molar-refractivity contribution < 1.29 is 0 Å². The zero-order valence-electron chi connectivity index (χ0n) is 7.19. The van der Waals surface area contributed by atoms with Gasteiger partial charge in [-0.3, -0.25) is 0 Å². The molecular weight excluding hydrogens is 180 g/mol. The third-order valence-electron chi connectivity index (χ3n) is 2.33. The number of nitrogens with zero attached hydrogens (tertiary/aromatic N) is 2. The largest absolute Gasteiger partial charge is 0.240 e. The fraction of sp³-hybridized carbons (Fsp3) is 0.200. The van der Waals surface area contributed by atoms with Crippen LogP contribution in [0, 0.1) is 11.5 Å². The molecule has 0 N–H and O–H groups in total. The number of fused-ring (bicyclic) bond motifs is 1. The highest BCUT2D eigenvalue weighted by Crippen LogP contribution is 2.36. The first-order chi connectivity index (χ1) is 6.25.